The lowest BCUT2D eigenvalue weighted by Crippen LogP contribution is -2.46. The van der Waals surface area contributed by atoms with Gasteiger partial charge in [-0.3, -0.25) is 9.59 Å². The zero-order valence-corrected chi connectivity index (χ0v) is 16.2. The number of anilines is 1. The average molecular weight is 383 g/mol. The summed E-state index contributed by atoms with van der Waals surface area (Å²) in [6.07, 6.45) is 1.85. The monoisotopic (exact) mass is 383 g/mol. The standard InChI is InChI=1S/C21H25N3O4/c1-13-10-14(2)22-20(25)19(13)21(26)24-7-3-4-16(12-24)23-15-5-6-17-18(11-15)28-9-8-27-17/h5-6,10-11,16,23H,3-4,7-9,12H2,1-2H3,(H,22,25). The molecule has 0 bridgehead atoms. The van der Waals surface area contributed by atoms with Gasteiger partial charge >= 0.3 is 0 Å². The van der Waals surface area contributed by atoms with E-state index in [-0.39, 0.29) is 23.1 Å². The molecule has 148 valence electrons. The third-order valence-electron chi connectivity index (χ3n) is 5.20. The van der Waals surface area contributed by atoms with Gasteiger partial charge in [0, 0.05) is 36.6 Å². The van der Waals surface area contributed by atoms with Crippen molar-refractivity contribution in [3.8, 4) is 11.5 Å². The third-order valence-corrected chi connectivity index (χ3v) is 5.20. The van der Waals surface area contributed by atoms with Crippen LogP contribution in [0.1, 0.15) is 34.5 Å². The molecule has 0 spiro atoms. The Morgan fingerprint density at radius 1 is 1.18 bits per heavy atom. The summed E-state index contributed by atoms with van der Waals surface area (Å²) >= 11 is 0. The van der Waals surface area contributed by atoms with E-state index in [1.165, 1.54) is 0 Å². The molecule has 2 aliphatic heterocycles. The minimum atomic E-state index is -0.315. The van der Waals surface area contributed by atoms with Crippen molar-refractivity contribution in [2.45, 2.75) is 32.7 Å². The average Bonchev–Trinajstić information content (AvgIpc) is 2.67. The first-order valence-corrected chi connectivity index (χ1v) is 9.67. The maximum atomic E-state index is 13.0. The molecule has 3 heterocycles. The van der Waals surface area contributed by atoms with E-state index in [9.17, 15) is 9.59 Å². The number of benzene rings is 1. The Kier molecular flexibility index (Phi) is 4.98. The van der Waals surface area contributed by atoms with Crippen molar-refractivity contribution in [2.24, 2.45) is 0 Å². The molecule has 1 saturated heterocycles. The van der Waals surface area contributed by atoms with Gasteiger partial charge in [0.15, 0.2) is 11.5 Å². The highest BCUT2D eigenvalue weighted by Crippen LogP contribution is 2.33. The van der Waals surface area contributed by atoms with Crippen LogP contribution in [0.5, 0.6) is 11.5 Å². The summed E-state index contributed by atoms with van der Waals surface area (Å²) in [4.78, 5) is 29.8. The van der Waals surface area contributed by atoms with Gasteiger partial charge in [0.2, 0.25) is 0 Å². The van der Waals surface area contributed by atoms with Gasteiger partial charge in [-0.05, 0) is 50.5 Å². The minimum absolute atomic E-state index is 0.116. The number of fused-ring (bicyclic) bond motifs is 1. The number of nitrogens with zero attached hydrogens (tertiary/aromatic N) is 1. The molecular formula is C21H25N3O4. The fourth-order valence-electron chi connectivity index (χ4n) is 3.93. The number of aromatic amines is 1. The largest absolute Gasteiger partial charge is 0.486 e. The molecule has 2 aliphatic rings. The molecule has 28 heavy (non-hydrogen) atoms. The summed E-state index contributed by atoms with van der Waals surface area (Å²) in [5.41, 5.74) is 2.34. The predicted octanol–water partition coefficient (Wildman–Crippen LogP) is 2.48. The van der Waals surface area contributed by atoms with Crippen LogP contribution in [0, 0.1) is 13.8 Å². The highest BCUT2D eigenvalue weighted by molar-refractivity contribution is 5.95. The number of piperidine rings is 1. The van der Waals surface area contributed by atoms with Crippen LogP contribution in [-0.4, -0.2) is 48.1 Å². The number of hydrogen-bond acceptors (Lipinski definition) is 5. The third kappa shape index (κ3) is 3.69. The van der Waals surface area contributed by atoms with E-state index in [0.717, 1.165) is 35.7 Å². The molecule has 1 aromatic carbocycles. The maximum Gasteiger partial charge on any atom is 0.261 e. The molecule has 1 fully saturated rings. The van der Waals surface area contributed by atoms with Crippen LogP contribution in [0.15, 0.2) is 29.1 Å². The lowest BCUT2D eigenvalue weighted by Gasteiger charge is -2.34. The Labute approximate surface area is 163 Å². The number of amides is 1. The van der Waals surface area contributed by atoms with E-state index in [1.807, 2.05) is 38.1 Å². The van der Waals surface area contributed by atoms with Crippen molar-refractivity contribution in [2.75, 3.05) is 31.6 Å². The highest BCUT2D eigenvalue weighted by Gasteiger charge is 2.27. The van der Waals surface area contributed by atoms with Gasteiger partial charge in [-0.15, -0.1) is 0 Å². The van der Waals surface area contributed by atoms with Gasteiger partial charge in [-0.1, -0.05) is 0 Å². The SMILES string of the molecule is Cc1cc(C)c(C(=O)N2CCCC(Nc3ccc4c(c3)OCCO4)C2)c(=O)[nH]1. The summed E-state index contributed by atoms with van der Waals surface area (Å²) < 4.78 is 11.2. The summed E-state index contributed by atoms with van der Waals surface area (Å²) in [5, 5.41) is 3.49. The molecule has 7 nitrogen and oxygen atoms in total. The van der Waals surface area contributed by atoms with Crippen molar-refractivity contribution in [1.29, 1.82) is 0 Å². The topological polar surface area (TPSA) is 83.7 Å². The highest BCUT2D eigenvalue weighted by atomic mass is 16.6. The number of aromatic nitrogens is 1. The van der Waals surface area contributed by atoms with Crippen LogP contribution in [0.3, 0.4) is 0 Å². The van der Waals surface area contributed by atoms with Gasteiger partial charge in [0.25, 0.3) is 11.5 Å². The van der Waals surface area contributed by atoms with E-state index in [4.69, 9.17) is 9.47 Å². The molecule has 2 aromatic rings. The van der Waals surface area contributed by atoms with Gasteiger partial charge in [-0.2, -0.15) is 0 Å². The van der Waals surface area contributed by atoms with Gasteiger partial charge in [0.05, 0.1) is 0 Å². The number of H-pyrrole nitrogens is 1. The fraction of sp³-hybridized carbons (Fsp3) is 0.429. The molecule has 4 rings (SSSR count). The van der Waals surface area contributed by atoms with E-state index in [1.54, 1.807) is 4.90 Å². The Morgan fingerprint density at radius 2 is 1.96 bits per heavy atom. The Balaban J connectivity index is 1.47. The van der Waals surface area contributed by atoms with Gasteiger partial charge in [0.1, 0.15) is 18.8 Å². The summed E-state index contributed by atoms with van der Waals surface area (Å²) in [6.45, 7) is 5.95. The van der Waals surface area contributed by atoms with Gasteiger partial charge < -0.3 is 24.7 Å². The van der Waals surface area contributed by atoms with Gasteiger partial charge in [-0.25, -0.2) is 0 Å². The molecule has 0 saturated carbocycles. The first-order valence-electron chi connectivity index (χ1n) is 9.67. The second kappa shape index (κ2) is 7.58. The van der Waals surface area contributed by atoms with Crippen molar-refractivity contribution >= 4 is 11.6 Å². The Morgan fingerprint density at radius 3 is 2.75 bits per heavy atom. The molecular weight excluding hydrogens is 358 g/mol. The second-order valence-corrected chi connectivity index (χ2v) is 7.43. The zero-order valence-electron chi connectivity index (χ0n) is 16.2. The molecule has 7 heteroatoms. The molecule has 0 aliphatic carbocycles. The number of aryl methyl sites for hydroxylation is 2. The number of nitrogens with one attached hydrogen (secondary N) is 2. The zero-order chi connectivity index (χ0) is 19.7. The van der Waals surface area contributed by atoms with Crippen LogP contribution in [0.2, 0.25) is 0 Å². The molecule has 2 N–H and O–H groups in total. The van der Waals surface area contributed by atoms with Crippen LogP contribution in [0.25, 0.3) is 0 Å². The summed E-state index contributed by atoms with van der Waals surface area (Å²) in [5.74, 6) is 1.29. The second-order valence-electron chi connectivity index (χ2n) is 7.43. The number of pyridine rings is 1. The maximum absolute atomic E-state index is 13.0. The molecule has 1 amide bonds. The minimum Gasteiger partial charge on any atom is -0.486 e. The van der Waals surface area contributed by atoms with Crippen LogP contribution in [0.4, 0.5) is 5.69 Å². The van der Waals surface area contributed by atoms with E-state index in [2.05, 4.69) is 10.3 Å². The van der Waals surface area contributed by atoms with Crippen molar-refractivity contribution in [3.05, 3.63) is 51.4 Å². The smallest absolute Gasteiger partial charge is 0.261 e. The summed E-state index contributed by atoms with van der Waals surface area (Å²) in [7, 11) is 0. The lowest BCUT2D eigenvalue weighted by molar-refractivity contribution is 0.0712. The van der Waals surface area contributed by atoms with Crippen molar-refractivity contribution < 1.29 is 14.3 Å². The van der Waals surface area contributed by atoms with Crippen molar-refractivity contribution in [3.63, 3.8) is 0 Å². The number of likely N-dealkylation sites (tertiary alicyclic amines) is 1. The number of hydrogen-bond donors (Lipinski definition) is 2. The normalized spacial score (nSPS) is 18.6. The number of ether oxygens (including phenoxy) is 2. The van der Waals surface area contributed by atoms with E-state index < -0.39 is 0 Å². The van der Waals surface area contributed by atoms with Crippen LogP contribution in [-0.2, 0) is 0 Å². The number of rotatable bonds is 3. The van der Waals surface area contributed by atoms with E-state index in [0.29, 0.717) is 31.9 Å². The first kappa shape index (κ1) is 18.4. The Hall–Kier alpha value is -2.96. The first-order chi connectivity index (χ1) is 13.5. The summed E-state index contributed by atoms with van der Waals surface area (Å²) in [6, 6.07) is 7.75. The molecule has 0 radical (unpaired) electrons. The number of carbonyl (C=O) groups is 1. The molecule has 1 atom stereocenters. The van der Waals surface area contributed by atoms with Crippen LogP contribution >= 0.6 is 0 Å². The lowest BCUT2D eigenvalue weighted by atomic mass is 10.0. The molecule has 1 unspecified atom stereocenters. The quantitative estimate of drug-likeness (QED) is 0.851. The predicted molar refractivity (Wildman–Crippen MR) is 107 cm³/mol. The van der Waals surface area contributed by atoms with Crippen LogP contribution < -0.4 is 20.3 Å². The fourth-order valence-corrected chi connectivity index (χ4v) is 3.93. The Bertz CT molecular complexity index is 953. The van der Waals surface area contributed by atoms with E-state index >= 15 is 0 Å². The molecule has 1 aromatic heterocycles. The number of carbonyl (C=O) groups excluding carboxylic acids is 1. The van der Waals surface area contributed by atoms with Crippen molar-refractivity contribution in [1.82, 2.24) is 9.88 Å².